The summed E-state index contributed by atoms with van der Waals surface area (Å²) >= 11 is 0. The fraction of sp³-hybridized carbons (Fsp3) is 0.757. The number of morpholine rings is 1. The second kappa shape index (κ2) is 13.5. The predicted molar refractivity (Wildman–Crippen MR) is 181 cm³/mol. The van der Waals surface area contributed by atoms with E-state index in [1.807, 2.05) is 51.1 Å². The van der Waals surface area contributed by atoms with Gasteiger partial charge >= 0.3 is 7.12 Å². The Morgan fingerprint density at radius 1 is 1.16 bits per heavy atom. The van der Waals surface area contributed by atoms with Crippen LogP contribution in [0.5, 0.6) is 0 Å². The number of rotatable bonds is 11. The second-order valence-corrected chi connectivity index (χ2v) is 16.8. The molecule has 2 amide bonds. The number of likely N-dealkylation sites (tertiary alicyclic amines) is 1. The molecule has 2 unspecified atom stereocenters. The van der Waals surface area contributed by atoms with Crippen molar-refractivity contribution in [2.75, 3.05) is 32.8 Å². The van der Waals surface area contributed by atoms with Gasteiger partial charge in [0.25, 0.3) is 5.92 Å². The van der Waals surface area contributed by atoms with Crippen molar-refractivity contribution < 1.29 is 32.4 Å². The van der Waals surface area contributed by atoms with Crippen LogP contribution >= 0.6 is 0 Å². The molecule has 6 aliphatic rings. The first kappa shape index (κ1) is 36.2. The van der Waals surface area contributed by atoms with Crippen molar-refractivity contribution in [2.24, 2.45) is 29.1 Å². The fourth-order valence-electron chi connectivity index (χ4n) is 9.58. The maximum Gasteiger partial charge on any atom is 0.482 e. The van der Waals surface area contributed by atoms with Gasteiger partial charge in [-0.05, 0) is 75.2 Å². The number of carbonyl (C=O) groups excluding carboxylic acids is 2. The number of alkyl halides is 2. The summed E-state index contributed by atoms with van der Waals surface area (Å²) in [5.74, 6) is -3.92. The molecule has 2 bridgehead atoms. The summed E-state index contributed by atoms with van der Waals surface area (Å²) in [5.41, 5.74) is 0.274. The van der Waals surface area contributed by atoms with Gasteiger partial charge in [-0.1, -0.05) is 51.1 Å². The first-order valence-corrected chi connectivity index (χ1v) is 18.1. The van der Waals surface area contributed by atoms with Crippen molar-refractivity contribution in [3.8, 4) is 6.07 Å². The molecule has 1 aromatic carbocycles. The molecule has 3 heterocycles. The number of halogens is 2. The molecule has 1 aromatic rings. The third-order valence-corrected chi connectivity index (χ3v) is 12.6. The molecule has 12 heteroatoms. The van der Waals surface area contributed by atoms with Gasteiger partial charge in [0.2, 0.25) is 11.8 Å². The molecule has 9 nitrogen and oxygen atoms in total. The van der Waals surface area contributed by atoms with E-state index < -0.39 is 42.1 Å². The highest BCUT2D eigenvalue weighted by atomic mass is 19.3. The van der Waals surface area contributed by atoms with E-state index in [-0.39, 0.29) is 68.3 Å². The number of nitriles is 1. The smallest absolute Gasteiger partial charge is 0.404 e. The molecule has 8 atom stereocenters. The minimum absolute atomic E-state index is 0.0111. The zero-order valence-corrected chi connectivity index (χ0v) is 29.9. The molecule has 268 valence electrons. The first-order valence-electron chi connectivity index (χ1n) is 18.1. The number of hydrogen-bond acceptors (Lipinski definition) is 7. The summed E-state index contributed by atoms with van der Waals surface area (Å²) in [7, 11) is -0.589. The van der Waals surface area contributed by atoms with Crippen LogP contribution in [-0.2, 0) is 30.1 Å². The van der Waals surface area contributed by atoms with Crippen LogP contribution < -0.4 is 5.32 Å². The van der Waals surface area contributed by atoms with Gasteiger partial charge in [-0.3, -0.25) is 14.5 Å². The summed E-state index contributed by atoms with van der Waals surface area (Å²) in [4.78, 5) is 30.7. The zero-order chi connectivity index (χ0) is 35.4. The fourth-order valence-corrected chi connectivity index (χ4v) is 9.58. The number of nitrogens with one attached hydrogen (secondary N) is 1. The van der Waals surface area contributed by atoms with Crippen molar-refractivity contribution in [2.45, 2.75) is 115 Å². The molecule has 7 rings (SSSR count). The average molecular weight is 683 g/mol. The van der Waals surface area contributed by atoms with E-state index in [1.165, 1.54) is 0 Å². The van der Waals surface area contributed by atoms with Crippen LogP contribution in [0.4, 0.5) is 8.78 Å². The molecular formula is C37H53BF2N4O5. The normalized spacial score (nSPS) is 32.4. The van der Waals surface area contributed by atoms with Gasteiger partial charge in [0.05, 0.1) is 49.4 Å². The van der Waals surface area contributed by atoms with E-state index in [2.05, 4.69) is 32.2 Å². The van der Waals surface area contributed by atoms with Crippen LogP contribution in [-0.4, -0.2) is 96.7 Å². The molecule has 3 saturated carbocycles. The molecule has 0 radical (unpaired) electrons. The van der Waals surface area contributed by atoms with Crippen molar-refractivity contribution in [1.82, 2.24) is 15.1 Å². The molecule has 0 aromatic heterocycles. The molecule has 0 spiro atoms. The van der Waals surface area contributed by atoms with Crippen LogP contribution in [0.3, 0.4) is 0 Å². The van der Waals surface area contributed by atoms with Gasteiger partial charge in [0.15, 0.2) is 0 Å². The van der Waals surface area contributed by atoms with Gasteiger partial charge in [-0.2, -0.15) is 5.26 Å². The van der Waals surface area contributed by atoms with Gasteiger partial charge in [0, 0.05) is 31.6 Å². The maximum absolute atomic E-state index is 13.9. The Hall–Kier alpha value is -2.59. The predicted octanol–water partition coefficient (Wildman–Crippen LogP) is 4.88. The second-order valence-electron chi connectivity index (χ2n) is 16.8. The van der Waals surface area contributed by atoms with Crippen molar-refractivity contribution in [1.29, 1.82) is 5.26 Å². The standard InChI is InChI=1S/C37H53BF2N4O5/c1-24(20-34(2,3)44-13-12-37(39,40)23-44)28(21-41)33(46)43-14-15-47-27(22-43)19-32(45)42-31(16-25-10-8-7-9-11-25)38-48-30-18-26-17-29(35(26,4)5)36(30,6)49-38/h7-11,24,26-31H,12-20,22-23H2,1-6H3,(H,42,45)/t24?,26-,27-,28?,29-,30+,31-,36-/m0/s1. The van der Waals surface area contributed by atoms with Gasteiger partial charge in [0.1, 0.15) is 5.92 Å². The van der Waals surface area contributed by atoms with Gasteiger partial charge < -0.3 is 24.3 Å². The van der Waals surface area contributed by atoms with E-state index in [0.29, 0.717) is 31.2 Å². The summed E-state index contributed by atoms with van der Waals surface area (Å²) in [5, 5.41) is 13.3. The molecule has 1 N–H and O–H groups in total. The number of amides is 2. The Morgan fingerprint density at radius 2 is 1.90 bits per heavy atom. The lowest BCUT2D eigenvalue weighted by atomic mass is 9.43. The summed E-state index contributed by atoms with van der Waals surface area (Å²) in [6.45, 7) is 13.2. The van der Waals surface area contributed by atoms with E-state index in [1.54, 1.807) is 9.80 Å². The van der Waals surface area contributed by atoms with Crippen LogP contribution in [0.2, 0.25) is 0 Å². The summed E-state index contributed by atoms with van der Waals surface area (Å²) in [6, 6.07) is 12.2. The summed E-state index contributed by atoms with van der Waals surface area (Å²) in [6.07, 6.45) is 2.38. The van der Waals surface area contributed by atoms with Gasteiger partial charge in [-0.15, -0.1) is 0 Å². The lowest BCUT2D eigenvalue weighted by molar-refractivity contribution is -0.199. The van der Waals surface area contributed by atoms with Crippen LogP contribution in [0.1, 0.15) is 79.2 Å². The van der Waals surface area contributed by atoms with Crippen molar-refractivity contribution in [3.63, 3.8) is 0 Å². The molecular weight excluding hydrogens is 629 g/mol. The molecule has 3 saturated heterocycles. The quantitative estimate of drug-likeness (QED) is 0.332. The Balaban J connectivity index is 1.07. The van der Waals surface area contributed by atoms with E-state index >= 15 is 0 Å². The van der Waals surface area contributed by atoms with Crippen LogP contribution in [0, 0.1) is 40.4 Å². The lowest BCUT2D eigenvalue weighted by Crippen LogP contribution is -2.65. The van der Waals surface area contributed by atoms with E-state index in [0.717, 1.165) is 18.4 Å². The van der Waals surface area contributed by atoms with Gasteiger partial charge in [-0.25, -0.2) is 8.78 Å². The van der Waals surface area contributed by atoms with Crippen LogP contribution in [0.25, 0.3) is 0 Å². The SMILES string of the molecule is CC(CC(C)(C)N1CCC(F)(F)C1)C(C#N)C(=O)N1CCO[C@@H](CC(=O)N[C@@H](Cc2ccccc2)B2O[C@@H]3C[C@@H]4C[C@@H](C4(C)C)[C@]3(C)O2)C1. The molecule has 3 aliphatic heterocycles. The number of carbonyl (C=O) groups is 2. The highest BCUT2D eigenvalue weighted by molar-refractivity contribution is 6.48. The van der Waals surface area contributed by atoms with E-state index in [4.69, 9.17) is 14.0 Å². The Morgan fingerprint density at radius 3 is 2.55 bits per heavy atom. The Bertz CT molecular complexity index is 1420. The van der Waals surface area contributed by atoms with Crippen molar-refractivity contribution >= 4 is 18.9 Å². The first-order chi connectivity index (χ1) is 23.0. The minimum atomic E-state index is -2.72. The highest BCUT2D eigenvalue weighted by Crippen LogP contribution is 2.65. The van der Waals surface area contributed by atoms with Crippen LogP contribution in [0.15, 0.2) is 30.3 Å². The third-order valence-electron chi connectivity index (χ3n) is 12.6. The number of hydrogen-bond donors (Lipinski definition) is 1. The Kier molecular flexibility index (Phi) is 9.99. The zero-order valence-electron chi connectivity index (χ0n) is 29.9. The average Bonchev–Trinajstić information content (AvgIpc) is 3.60. The Labute approximate surface area is 290 Å². The molecule has 3 aliphatic carbocycles. The topological polar surface area (TPSA) is 104 Å². The van der Waals surface area contributed by atoms with Crippen molar-refractivity contribution in [3.05, 3.63) is 35.9 Å². The monoisotopic (exact) mass is 682 g/mol. The molecule has 49 heavy (non-hydrogen) atoms. The van der Waals surface area contributed by atoms with E-state index in [9.17, 15) is 23.6 Å². The third kappa shape index (κ3) is 7.28. The summed E-state index contributed by atoms with van der Waals surface area (Å²) < 4.78 is 47.2. The lowest BCUT2D eigenvalue weighted by Gasteiger charge is -2.64. The largest absolute Gasteiger partial charge is 0.482 e. The maximum atomic E-state index is 13.9. The minimum Gasteiger partial charge on any atom is -0.404 e. The number of nitrogens with zero attached hydrogens (tertiary/aromatic N) is 3. The number of ether oxygens (including phenoxy) is 1. The number of benzene rings is 1. The molecule has 6 fully saturated rings. The highest BCUT2D eigenvalue weighted by Gasteiger charge is 2.68.